The van der Waals surface area contributed by atoms with Crippen LogP contribution in [0.1, 0.15) is 28.9 Å². The molecule has 2 aromatic carbocycles. The maximum atomic E-state index is 13.6. The van der Waals surface area contributed by atoms with E-state index in [1.165, 1.54) is 26.2 Å². The van der Waals surface area contributed by atoms with Gasteiger partial charge in [0.2, 0.25) is 0 Å². The van der Waals surface area contributed by atoms with Gasteiger partial charge in [-0.2, -0.15) is 0 Å². The highest BCUT2D eigenvalue weighted by Crippen LogP contribution is 2.27. The number of hydrogen-bond donors (Lipinski definition) is 1. The molecule has 0 saturated carbocycles. The highest BCUT2D eigenvalue weighted by molar-refractivity contribution is 5.97. The van der Waals surface area contributed by atoms with Crippen molar-refractivity contribution in [1.82, 2.24) is 0 Å². The lowest BCUT2D eigenvalue weighted by Gasteiger charge is -2.16. The van der Waals surface area contributed by atoms with Crippen LogP contribution < -0.4 is 9.47 Å². The molecule has 1 atom stereocenters. The van der Waals surface area contributed by atoms with Gasteiger partial charge in [0.15, 0.2) is 5.78 Å². The van der Waals surface area contributed by atoms with Gasteiger partial charge in [0, 0.05) is 11.6 Å². The minimum absolute atomic E-state index is 0.202. The Balaban J connectivity index is 2.19. The molecule has 0 heterocycles. The second-order valence-electron chi connectivity index (χ2n) is 4.91. The van der Waals surface area contributed by atoms with Crippen LogP contribution in [-0.4, -0.2) is 24.6 Å². The number of carbonyl (C=O) groups excluding carboxylic acids is 1. The number of methoxy groups -OCH3 is 1. The predicted octanol–water partition coefficient (Wildman–Crippen LogP) is 3.29. The Hall–Kier alpha value is -2.47. The van der Waals surface area contributed by atoms with Crippen LogP contribution in [0.15, 0.2) is 36.4 Å². The summed E-state index contributed by atoms with van der Waals surface area (Å²) in [5, 5.41) is 10.00. The molecule has 0 radical (unpaired) electrons. The van der Waals surface area contributed by atoms with Gasteiger partial charge in [-0.3, -0.25) is 4.79 Å². The van der Waals surface area contributed by atoms with E-state index in [1.54, 1.807) is 6.07 Å². The lowest BCUT2D eigenvalue weighted by Crippen LogP contribution is -2.13. The summed E-state index contributed by atoms with van der Waals surface area (Å²) in [6.07, 6.45) is -1.38. The molecule has 2 aromatic rings. The molecule has 1 unspecified atom stereocenters. The quantitative estimate of drug-likeness (QED) is 0.829. The van der Waals surface area contributed by atoms with E-state index in [4.69, 9.17) is 9.47 Å². The van der Waals surface area contributed by atoms with Crippen molar-refractivity contribution in [1.29, 1.82) is 0 Å². The molecule has 0 amide bonds. The first kappa shape index (κ1) is 16.9. The highest BCUT2D eigenvalue weighted by atomic mass is 19.1. The van der Waals surface area contributed by atoms with Crippen molar-refractivity contribution in [3.8, 4) is 11.5 Å². The van der Waals surface area contributed by atoms with E-state index >= 15 is 0 Å². The third-order valence-electron chi connectivity index (χ3n) is 3.28. The Bertz CT molecular complexity index is 716. The molecule has 0 bridgehead atoms. The molecule has 0 aromatic heterocycles. The molecule has 0 aliphatic heterocycles. The van der Waals surface area contributed by atoms with Gasteiger partial charge < -0.3 is 14.6 Å². The standard InChI is InChI=1S/C17H16F2O4/c1-10(20)13-5-4-12(22-2)8-17(13)23-9-16(21)14-7-11(18)3-6-15(14)19/h3-8,16,21H,9H2,1-2H3. The smallest absolute Gasteiger partial charge is 0.163 e. The third-order valence-corrected chi connectivity index (χ3v) is 3.28. The highest BCUT2D eigenvalue weighted by Gasteiger charge is 2.17. The van der Waals surface area contributed by atoms with Crippen molar-refractivity contribution < 1.29 is 28.2 Å². The van der Waals surface area contributed by atoms with E-state index in [9.17, 15) is 18.7 Å². The van der Waals surface area contributed by atoms with Crippen molar-refractivity contribution in [3.63, 3.8) is 0 Å². The lowest BCUT2D eigenvalue weighted by atomic mass is 10.1. The second-order valence-corrected chi connectivity index (χ2v) is 4.91. The van der Waals surface area contributed by atoms with Gasteiger partial charge in [0.1, 0.15) is 35.8 Å². The van der Waals surface area contributed by atoms with Crippen LogP contribution in [0, 0.1) is 11.6 Å². The first-order chi connectivity index (χ1) is 10.9. The molecule has 6 heteroatoms. The zero-order valence-corrected chi connectivity index (χ0v) is 12.7. The average molecular weight is 322 g/mol. The van der Waals surface area contributed by atoms with Crippen molar-refractivity contribution in [2.75, 3.05) is 13.7 Å². The minimum Gasteiger partial charge on any atom is -0.497 e. The number of ketones is 1. The van der Waals surface area contributed by atoms with Crippen LogP contribution in [0.2, 0.25) is 0 Å². The summed E-state index contributed by atoms with van der Waals surface area (Å²) in [6.45, 7) is 1.03. The largest absolute Gasteiger partial charge is 0.497 e. The molecule has 1 N–H and O–H groups in total. The molecule has 122 valence electrons. The van der Waals surface area contributed by atoms with E-state index in [-0.39, 0.29) is 23.7 Å². The zero-order valence-electron chi connectivity index (χ0n) is 12.7. The van der Waals surface area contributed by atoms with E-state index in [1.807, 2.05) is 0 Å². The first-order valence-corrected chi connectivity index (χ1v) is 6.87. The molecule has 0 spiro atoms. The molecule has 23 heavy (non-hydrogen) atoms. The SMILES string of the molecule is COc1ccc(C(C)=O)c(OCC(O)c2cc(F)ccc2F)c1. The van der Waals surface area contributed by atoms with E-state index < -0.39 is 17.7 Å². The zero-order chi connectivity index (χ0) is 17.0. The Kier molecular flexibility index (Phi) is 5.28. The van der Waals surface area contributed by atoms with Crippen LogP contribution in [0.25, 0.3) is 0 Å². The topological polar surface area (TPSA) is 55.8 Å². The van der Waals surface area contributed by atoms with Crippen LogP contribution in [0.5, 0.6) is 11.5 Å². The molecule has 0 saturated heterocycles. The number of halogens is 2. The monoisotopic (exact) mass is 322 g/mol. The Morgan fingerprint density at radius 1 is 1.22 bits per heavy atom. The number of aliphatic hydroxyl groups is 1. The van der Waals surface area contributed by atoms with E-state index in [0.29, 0.717) is 11.3 Å². The van der Waals surface area contributed by atoms with Gasteiger partial charge in [0.25, 0.3) is 0 Å². The summed E-state index contributed by atoms with van der Waals surface area (Å²) in [5.41, 5.74) is 0.0926. The van der Waals surface area contributed by atoms with E-state index in [2.05, 4.69) is 0 Å². The summed E-state index contributed by atoms with van der Waals surface area (Å²) in [7, 11) is 1.46. The van der Waals surface area contributed by atoms with Crippen LogP contribution in [0.3, 0.4) is 0 Å². The van der Waals surface area contributed by atoms with Gasteiger partial charge in [-0.15, -0.1) is 0 Å². The fourth-order valence-electron chi connectivity index (χ4n) is 2.07. The van der Waals surface area contributed by atoms with Gasteiger partial charge in [-0.05, 0) is 37.3 Å². The third kappa shape index (κ3) is 4.04. The van der Waals surface area contributed by atoms with Crippen molar-refractivity contribution in [3.05, 3.63) is 59.2 Å². The Morgan fingerprint density at radius 2 is 1.96 bits per heavy atom. The maximum Gasteiger partial charge on any atom is 0.163 e. The van der Waals surface area contributed by atoms with Crippen molar-refractivity contribution in [2.45, 2.75) is 13.0 Å². The lowest BCUT2D eigenvalue weighted by molar-refractivity contribution is 0.0966. The number of Topliss-reactive ketones (excluding diaryl/α,β-unsaturated/α-hetero) is 1. The van der Waals surface area contributed by atoms with Gasteiger partial charge in [0.05, 0.1) is 12.7 Å². The summed E-state index contributed by atoms with van der Waals surface area (Å²) in [6, 6.07) is 7.42. The summed E-state index contributed by atoms with van der Waals surface area (Å²) in [4.78, 5) is 11.6. The fourth-order valence-corrected chi connectivity index (χ4v) is 2.07. The summed E-state index contributed by atoms with van der Waals surface area (Å²) < 4.78 is 37.2. The molecule has 0 aliphatic rings. The Labute approximate surface area is 132 Å². The van der Waals surface area contributed by atoms with Crippen molar-refractivity contribution >= 4 is 5.78 Å². The summed E-state index contributed by atoms with van der Waals surface area (Å²) in [5.74, 6) is -0.954. The van der Waals surface area contributed by atoms with Crippen LogP contribution in [0.4, 0.5) is 8.78 Å². The van der Waals surface area contributed by atoms with Crippen LogP contribution >= 0.6 is 0 Å². The second kappa shape index (κ2) is 7.19. The Morgan fingerprint density at radius 3 is 2.61 bits per heavy atom. The molecular weight excluding hydrogens is 306 g/mol. The number of aliphatic hydroxyl groups excluding tert-OH is 1. The molecule has 2 rings (SSSR count). The number of benzene rings is 2. The predicted molar refractivity (Wildman–Crippen MR) is 79.8 cm³/mol. The average Bonchev–Trinajstić information content (AvgIpc) is 2.54. The first-order valence-electron chi connectivity index (χ1n) is 6.87. The maximum absolute atomic E-state index is 13.6. The van der Waals surface area contributed by atoms with Gasteiger partial charge >= 0.3 is 0 Å². The summed E-state index contributed by atoms with van der Waals surface area (Å²) >= 11 is 0. The molecule has 0 aliphatic carbocycles. The number of ether oxygens (including phenoxy) is 2. The van der Waals surface area contributed by atoms with Gasteiger partial charge in [-0.25, -0.2) is 8.78 Å². The minimum atomic E-state index is -1.38. The van der Waals surface area contributed by atoms with Crippen molar-refractivity contribution in [2.24, 2.45) is 0 Å². The fraction of sp³-hybridized carbons (Fsp3) is 0.235. The normalized spacial score (nSPS) is 11.9. The molecule has 4 nitrogen and oxygen atoms in total. The number of rotatable bonds is 6. The van der Waals surface area contributed by atoms with E-state index in [0.717, 1.165) is 18.2 Å². The number of carbonyl (C=O) groups is 1. The molecular formula is C17H16F2O4. The van der Waals surface area contributed by atoms with Gasteiger partial charge in [-0.1, -0.05) is 0 Å². The molecule has 0 fully saturated rings. The number of hydrogen-bond acceptors (Lipinski definition) is 4. The van der Waals surface area contributed by atoms with Crippen LogP contribution in [-0.2, 0) is 0 Å².